The lowest BCUT2D eigenvalue weighted by atomic mass is 10.0. The maximum atomic E-state index is 4.87. The van der Waals surface area contributed by atoms with E-state index in [1.54, 1.807) is 0 Å². The molecule has 0 saturated heterocycles. The van der Waals surface area contributed by atoms with Crippen molar-refractivity contribution in [2.75, 3.05) is 11.9 Å². The molecule has 0 fully saturated rings. The third kappa shape index (κ3) is 1.69. The smallest absolute Gasteiger partial charge is 0.123 e. The molecule has 2 aromatic rings. The van der Waals surface area contributed by atoms with Gasteiger partial charge in [-0.1, -0.05) is 30.3 Å². The van der Waals surface area contributed by atoms with Gasteiger partial charge in [0.25, 0.3) is 0 Å². The molecule has 2 nitrogen and oxygen atoms in total. The van der Waals surface area contributed by atoms with E-state index >= 15 is 0 Å². The van der Waals surface area contributed by atoms with Crippen LogP contribution in [0.2, 0.25) is 0 Å². The molecule has 2 aliphatic heterocycles. The number of benzene rings is 2. The Balaban J connectivity index is 1.85. The van der Waals surface area contributed by atoms with Gasteiger partial charge in [0, 0.05) is 11.9 Å². The molecule has 0 unspecified atom stereocenters. The van der Waals surface area contributed by atoms with Gasteiger partial charge in [-0.3, -0.25) is 0 Å². The lowest BCUT2D eigenvalue weighted by molar-refractivity contribution is 0.971. The van der Waals surface area contributed by atoms with Crippen LogP contribution in [0.5, 0.6) is 0 Å². The molecule has 2 aliphatic rings. The van der Waals surface area contributed by atoms with Crippen LogP contribution in [0.15, 0.2) is 58.4 Å². The van der Waals surface area contributed by atoms with Gasteiger partial charge in [0.05, 0.1) is 16.6 Å². The summed E-state index contributed by atoms with van der Waals surface area (Å²) in [4.78, 5) is 8.47. The molecule has 0 radical (unpaired) electrons. The molecule has 4 rings (SSSR count). The fourth-order valence-corrected chi connectivity index (χ4v) is 4.14. The van der Waals surface area contributed by atoms with E-state index in [1.807, 2.05) is 11.8 Å². The number of nitrogens with zero attached hydrogens (tertiary/aromatic N) is 2. The minimum Gasteiger partial charge on any atom is -0.331 e. The van der Waals surface area contributed by atoms with Gasteiger partial charge in [-0.2, -0.15) is 0 Å². The van der Waals surface area contributed by atoms with E-state index in [0.717, 1.165) is 12.1 Å². The lowest BCUT2D eigenvalue weighted by Crippen LogP contribution is -2.40. The Hall–Kier alpha value is -1.74. The molecule has 1 atom stereocenters. The number of amidine groups is 1. The normalized spacial score (nSPS) is 20.2. The number of fused-ring (bicyclic) bond motifs is 3. The maximum absolute atomic E-state index is 4.87. The Kier molecular flexibility index (Phi) is 2.42. The van der Waals surface area contributed by atoms with E-state index in [-0.39, 0.29) is 0 Å². The van der Waals surface area contributed by atoms with Crippen molar-refractivity contribution >= 4 is 29.0 Å². The first-order valence-corrected chi connectivity index (χ1v) is 7.37. The van der Waals surface area contributed by atoms with Gasteiger partial charge in [-0.05, 0) is 30.2 Å². The van der Waals surface area contributed by atoms with E-state index in [2.05, 4.69) is 60.5 Å². The molecule has 0 aromatic heterocycles. The van der Waals surface area contributed by atoms with Crippen LogP contribution in [0.3, 0.4) is 0 Å². The predicted octanol–water partition coefficient (Wildman–Crippen LogP) is 3.88. The first kappa shape index (κ1) is 11.1. The summed E-state index contributed by atoms with van der Waals surface area (Å²) in [6.07, 6.45) is 1.07. The van der Waals surface area contributed by atoms with E-state index < -0.39 is 0 Å². The largest absolute Gasteiger partial charge is 0.331 e. The number of hydrogen-bond acceptors (Lipinski definition) is 3. The van der Waals surface area contributed by atoms with Crippen LogP contribution < -0.4 is 4.90 Å². The highest BCUT2D eigenvalue weighted by Crippen LogP contribution is 2.43. The van der Waals surface area contributed by atoms with E-state index in [9.17, 15) is 0 Å². The van der Waals surface area contributed by atoms with E-state index in [1.165, 1.54) is 22.0 Å². The Morgan fingerprint density at radius 3 is 2.84 bits per heavy atom. The topological polar surface area (TPSA) is 15.6 Å². The van der Waals surface area contributed by atoms with E-state index in [4.69, 9.17) is 4.99 Å². The van der Waals surface area contributed by atoms with Crippen molar-refractivity contribution in [2.45, 2.75) is 16.6 Å². The maximum Gasteiger partial charge on any atom is 0.123 e. The van der Waals surface area contributed by atoms with Crippen molar-refractivity contribution in [3.05, 3.63) is 54.1 Å². The molecule has 0 aliphatic carbocycles. The van der Waals surface area contributed by atoms with Crippen LogP contribution in [0.1, 0.15) is 5.56 Å². The number of hydrogen-bond donors (Lipinski definition) is 0. The van der Waals surface area contributed by atoms with Crippen molar-refractivity contribution in [3.8, 4) is 0 Å². The fraction of sp³-hybridized carbons (Fsp3) is 0.188. The van der Waals surface area contributed by atoms with Crippen molar-refractivity contribution in [3.63, 3.8) is 0 Å². The van der Waals surface area contributed by atoms with Crippen LogP contribution in [0, 0.1) is 0 Å². The van der Waals surface area contributed by atoms with Gasteiger partial charge in [0.15, 0.2) is 0 Å². The molecule has 94 valence electrons. The zero-order valence-electron chi connectivity index (χ0n) is 10.7. The zero-order valence-corrected chi connectivity index (χ0v) is 11.5. The Bertz CT molecular complexity index is 678. The van der Waals surface area contributed by atoms with Gasteiger partial charge >= 0.3 is 0 Å². The quantitative estimate of drug-likeness (QED) is 0.719. The minimum absolute atomic E-state index is 0.440. The molecule has 0 bridgehead atoms. The molecule has 0 spiro atoms. The second-order valence-corrected chi connectivity index (χ2v) is 6.18. The highest BCUT2D eigenvalue weighted by atomic mass is 32.2. The molecular formula is C16H14N2S. The SMILES string of the molecule is CN1C2=Nc3ccccc3C[C@H]2Sc2ccccc21. The van der Waals surface area contributed by atoms with Gasteiger partial charge in [-0.25, -0.2) is 4.99 Å². The summed E-state index contributed by atoms with van der Waals surface area (Å²) >= 11 is 1.94. The highest BCUT2D eigenvalue weighted by Gasteiger charge is 2.32. The predicted molar refractivity (Wildman–Crippen MR) is 81.7 cm³/mol. The monoisotopic (exact) mass is 266 g/mol. The zero-order chi connectivity index (χ0) is 12.8. The summed E-state index contributed by atoms with van der Waals surface area (Å²) in [5.74, 6) is 1.18. The molecule has 0 saturated carbocycles. The summed E-state index contributed by atoms with van der Waals surface area (Å²) in [6.45, 7) is 0. The van der Waals surface area contributed by atoms with Crippen molar-refractivity contribution in [2.24, 2.45) is 4.99 Å². The summed E-state index contributed by atoms with van der Waals surface area (Å²) in [5.41, 5.74) is 3.75. The molecule has 2 heterocycles. The third-order valence-electron chi connectivity index (χ3n) is 3.76. The number of thioether (sulfide) groups is 1. The molecular weight excluding hydrogens is 252 g/mol. The summed E-state index contributed by atoms with van der Waals surface area (Å²) in [7, 11) is 2.12. The number of para-hydroxylation sites is 2. The Morgan fingerprint density at radius 2 is 1.89 bits per heavy atom. The first-order chi connectivity index (χ1) is 9.33. The first-order valence-electron chi connectivity index (χ1n) is 6.49. The number of anilines is 1. The van der Waals surface area contributed by atoms with Gasteiger partial charge < -0.3 is 4.90 Å². The van der Waals surface area contributed by atoms with Gasteiger partial charge in [0.1, 0.15) is 5.84 Å². The van der Waals surface area contributed by atoms with Crippen molar-refractivity contribution in [1.29, 1.82) is 0 Å². The fourth-order valence-electron chi connectivity index (χ4n) is 2.77. The van der Waals surface area contributed by atoms with Crippen LogP contribution >= 0.6 is 11.8 Å². The number of rotatable bonds is 0. The van der Waals surface area contributed by atoms with Crippen LogP contribution in [-0.2, 0) is 6.42 Å². The van der Waals surface area contributed by atoms with E-state index in [0.29, 0.717) is 5.25 Å². The van der Waals surface area contributed by atoms with Crippen molar-refractivity contribution < 1.29 is 0 Å². The molecule has 0 N–H and O–H groups in total. The summed E-state index contributed by atoms with van der Waals surface area (Å²) < 4.78 is 0. The molecule has 19 heavy (non-hydrogen) atoms. The molecule has 3 heteroatoms. The average molecular weight is 266 g/mol. The van der Waals surface area contributed by atoms with Crippen LogP contribution in [0.25, 0.3) is 0 Å². The summed E-state index contributed by atoms with van der Waals surface area (Å²) in [5, 5.41) is 0.440. The van der Waals surface area contributed by atoms with Gasteiger partial charge in [0.2, 0.25) is 0 Å². The highest BCUT2D eigenvalue weighted by molar-refractivity contribution is 8.01. The number of aliphatic imine (C=N–C) groups is 1. The molecule has 2 aromatic carbocycles. The second-order valence-electron chi connectivity index (χ2n) is 4.94. The lowest BCUT2D eigenvalue weighted by Gasteiger charge is -2.36. The standard InChI is InChI=1S/C16H14N2S/c1-18-13-8-4-5-9-14(13)19-15-10-11-6-2-3-7-12(11)17-16(15)18/h2-9,15H,10H2,1H3/t15-/m1/s1. The Morgan fingerprint density at radius 1 is 1.11 bits per heavy atom. The van der Waals surface area contributed by atoms with Gasteiger partial charge in [-0.15, -0.1) is 11.8 Å². The summed E-state index contributed by atoms with van der Waals surface area (Å²) in [6, 6.07) is 17.0. The second kappa shape index (κ2) is 4.14. The van der Waals surface area contributed by atoms with Crippen LogP contribution in [0.4, 0.5) is 11.4 Å². The van der Waals surface area contributed by atoms with Crippen LogP contribution in [-0.4, -0.2) is 18.1 Å². The Labute approximate surface area is 117 Å². The molecule has 0 amide bonds. The van der Waals surface area contributed by atoms with Crippen molar-refractivity contribution in [1.82, 2.24) is 0 Å². The minimum atomic E-state index is 0.440. The average Bonchev–Trinajstić information content (AvgIpc) is 2.46. The third-order valence-corrected chi connectivity index (χ3v) is 5.02.